The van der Waals surface area contributed by atoms with Crippen molar-refractivity contribution in [2.45, 2.75) is 128 Å². The van der Waals surface area contributed by atoms with Gasteiger partial charge in [-0.15, -0.1) is 46.2 Å². The Hall–Kier alpha value is -5.70. The normalized spacial score (nSPS) is 22.7. The first kappa shape index (κ1) is 58.0. The van der Waals surface area contributed by atoms with Gasteiger partial charge in [0.2, 0.25) is 11.9 Å². The SMILES string of the molecule is CN1C2CCC1CN(c1ccc(Nc3ncc(C(F)(F)F)c(-c4cc5c(s4)C(=O)N(C4CC4)CCS5)n3)c(C3CC3)c1)C2.CNC[C@H]1CCCN1c1ccc(Nc2ncc(C(F)(F)F)c(-c3cc4c(s3)C(=O)N(C3COC3)CCS4)n2)c(C2CC2)c1. The molecule has 3 N–H and O–H groups in total. The van der Waals surface area contributed by atoms with E-state index in [-0.39, 0.29) is 47.2 Å². The van der Waals surface area contributed by atoms with Crippen LogP contribution >= 0.6 is 46.2 Å². The molecular weight excluding hydrogens is 1190 g/mol. The molecule has 2 amide bonds. The minimum absolute atomic E-state index is 0.0110. The van der Waals surface area contributed by atoms with Gasteiger partial charge in [-0.25, -0.2) is 19.9 Å². The monoisotopic (exact) mass is 1260 g/mol. The maximum atomic E-state index is 14.2. The third kappa shape index (κ3) is 11.8. The Morgan fingerprint density at radius 2 is 1.10 bits per heavy atom. The number of benzene rings is 2. The summed E-state index contributed by atoms with van der Waals surface area (Å²) in [7, 11) is 4.20. The van der Waals surface area contributed by atoms with E-state index in [0.29, 0.717) is 86.4 Å². The number of anilines is 6. The molecule has 2 bridgehead atoms. The molecule has 3 atom stereocenters. The van der Waals surface area contributed by atoms with Crippen LogP contribution in [0, 0.1) is 0 Å². The summed E-state index contributed by atoms with van der Waals surface area (Å²) in [6.07, 6.45) is 3.52. The summed E-state index contributed by atoms with van der Waals surface area (Å²) in [5.74, 6) is 2.20. The quantitative estimate of drug-likeness (QED) is 0.0888. The highest BCUT2D eigenvalue weighted by Gasteiger charge is 2.43. The van der Waals surface area contributed by atoms with E-state index in [1.165, 1.54) is 53.3 Å². The summed E-state index contributed by atoms with van der Waals surface area (Å²) in [4.78, 5) is 57.9. The van der Waals surface area contributed by atoms with Crippen LogP contribution in [0.15, 0.2) is 70.7 Å². The molecule has 4 saturated heterocycles. The summed E-state index contributed by atoms with van der Waals surface area (Å²) in [5, 5.41) is 9.81. The fourth-order valence-electron chi connectivity index (χ4n) is 13.0. The van der Waals surface area contributed by atoms with Gasteiger partial charge in [-0.3, -0.25) is 14.5 Å². The number of rotatable bonds is 14. The van der Waals surface area contributed by atoms with E-state index < -0.39 is 23.5 Å². The van der Waals surface area contributed by atoms with E-state index in [0.717, 1.165) is 140 Å². The number of nitrogens with zero attached hydrogens (tertiary/aromatic N) is 9. The number of thiophene rings is 2. The maximum absolute atomic E-state index is 14.2. The Bertz CT molecular complexity index is 3550. The number of amides is 2. The number of likely N-dealkylation sites (N-methyl/N-ethyl adjacent to an activating group) is 2. The topological polar surface area (TPSA) is 147 Å². The van der Waals surface area contributed by atoms with Crippen molar-refractivity contribution in [3.63, 3.8) is 0 Å². The van der Waals surface area contributed by atoms with Crippen LogP contribution in [-0.2, 0) is 17.1 Å². The number of aromatic nitrogens is 4. The molecule has 454 valence electrons. The molecule has 2 unspecified atom stereocenters. The number of piperazine rings is 1. The number of hydrogen-bond donors (Lipinski definition) is 3. The molecule has 0 spiro atoms. The van der Waals surface area contributed by atoms with Crippen molar-refractivity contribution in [1.29, 1.82) is 0 Å². The van der Waals surface area contributed by atoms with Crippen LogP contribution in [0.25, 0.3) is 21.1 Å². The number of hydrogen-bond acceptors (Lipinski definition) is 17. The molecule has 86 heavy (non-hydrogen) atoms. The van der Waals surface area contributed by atoms with E-state index >= 15 is 0 Å². The molecule has 15 nitrogen and oxygen atoms in total. The zero-order chi connectivity index (χ0) is 59.2. The molecule has 6 aliphatic heterocycles. The van der Waals surface area contributed by atoms with Gasteiger partial charge in [0.1, 0.15) is 20.9 Å². The highest BCUT2D eigenvalue weighted by molar-refractivity contribution is 7.99. The molecule has 4 aromatic heterocycles. The van der Waals surface area contributed by atoms with Gasteiger partial charge < -0.3 is 40.3 Å². The molecule has 15 rings (SSSR count). The third-order valence-corrected chi connectivity index (χ3v) is 22.7. The molecule has 3 saturated carbocycles. The van der Waals surface area contributed by atoms with Crippen molar-refractivity contribution in [3.8, 4) is 21.1 Å². The molecule has 0 radical (unpaired) electrons. The van der Waals surface area contributed by atoms with Gasteiger partial charge in [0.15, 0.2) is 0 Å². The van der Waals surface area contributed by atoms with Crippen LogP contribution < -0.4 is 25.8 Å². The highest BCUT2D eigenvalue weighted by atomic mass is 32.2. The highest BCUT2D eigenvalue weighted by Crippen LogP contribution is 2.50. The van der Waals surface area contributed by atoms with Crippen molar-refractivity contribution < 1.29 is 40.7 Å². The zero-order valence-corrected chi connectivity index (χ0v) is 50.9. The summed E-state index contributed by atoms with van der Waals surface area (Å²) in [5.41, 5.74) is 4.11. The second-order valence-electron chi connectivity index (χ2n) is 24.0. The van der Waals surface area contributed by atoms with Crippen molar-refractivity contribution in [2.24, 2.45) is 0 Å². The number of thioether (sulfide) groups is 2. The van der Waals surface area contributed by atoms with E-state index in [1.54, 1.807) is 17.0 Å². The lowest BCUT2D eigenvalue weighted by Crippen LogP contribution is -2.52. The van der Waals surface area contributed by atoms with Crippen molar-refractivity contribution >= 4 is 92.7 Å². The summed E-state index contributed by atoms with van der Waals surface area (Å²) < 4.78 is 90.4. The Kier molecular flexibility index (Phi) is 15.7. The lowest BCUT2D eigenvalue weighted by Gasteiger charge is -2.40. The predicted octanol–water partition coefficient (Wildman–Crippen LogP) is 12.8. The first-order chi connectivity index (χ1) is 41.5. The second-order valence-corrected chi connectivity index (χ2v) is 28.4. The fraction of sp³-hybridized carbons (Fsp3) is 0.508. The second kappa shape index (κ2) is 23.3. The predicted molar refractivity (Wildman–Crippen MR) is 326 cm³/mol. The van der Waals surface area contributed by atoms with E-state index in [2.05, 4.69) is 81.9 Å². The average Bonchev–Trinajstić information content (AvgIpc) is 1.92. The number of nitrogens with one attached hydrogen (secondary N) is 3. The molecule has 6 aromatic rings. The Labute approximate surface area is 511 Å². The van der Waals surface area contributed by atoms with Crippen LogP contribution in [0.4, 0.5) is 61.0 Å². The minimum atomic E-state index is -4.65. The van der Waals surface area contributed by atoms with E-state index in [4.69, 9.17) is 4.74 Å². The van der Waals surface area contributed by atoms with Gasteiger partial charge in [0.25, 0.3) is 11.8 Å². The smallest absolute Gasteiger partial charge is 0.377 e. The maximum Gasteiger partial charge on any atom is 0.420 e. The molecule has 10 heterocycles. The first-order valence-corrected chi connectivity index (χ1v) is 33.5. The van der Waals surface area contributed by atoms with Crippen LogP contribution in [0.1, 0.15) is 118 Å². The van der Waals surface area contributed by atoms with Gasteiger partial charge in [-0.05, 0) is 150 Å². The van der Waals surface area contributed by atoms with Gasteiger partial charge in [0.05, 0.1) is 40.4 Å². The lowest BCUT2D eigenvalue weighted by molar-refractivity contribution is -0.138. The number of halogens is 6. The Morgan fingerprint density at radius 3 is 1.58 bits per heavy atom. The molecule has 9 aliphatic rings. The Morgan fingerprint density at radius 1 is 0.605 bits per heavy atom. The molecule has 3 aliphatic carbocycles. The number of alkyl halides is 6. The van der Waals surface area contributed by atoms with Gasteiger partial charge in [-0.2, -0.15) is 26.3 Å². The van der Waals surface area contributed by atoms with Crippen LogP contribution in [0.5, 0.6) is 0 Å². The summed E-state index contributed by atoms with van der Waals surface area (Å²) >= 11 is 5.19. The number of carbonyl (C=O) groups excluding carboxylic acids is 2. The van der Waals surface area contributed by atoms with Crippen molar-refractivity contribution in [3.05, 3.63) is 92.9 Å². The van der Waals surface area contributed by atoms with Gasteiger partial charge >= 0.3 is 12.4 Å². The van der Waals surface area contributed by atoms with Crippen LogP contribution in [-0.4, -0.2) is 155 Å². The summed E-state index contributed by atoms with van der Waals surface area (Å²) in [6, 6.07) is 17.9. The number of ether oxygens (including phenoxy) is 1. The standard InChI is InChI=1S/C31H33F3N6OS2.C30H33F3N6O2S2/c1-38-20-6-7-21(38)16-39(15-20)19-8-9-24(22(12-19)17-2-3-17)36-30-35-14-23(31(32,33)34)27(37-30)25-13-26-28(43-25)29(41)40(10-11-42-26)18-4-5-18;1-34-13-19-3-2-8-38(19)18-6-7-23(21(11-18)17-4-5-17)36-29-35-14-22(30(31,32)33)26(37-29)24-12-25-27(43-24)28(40)39(9-10-42-25)20-15-41-16-20/h8-9,12-14,17-18,20-21H,2-7,10-11,15-16H2,1H3,(H,35,36,37);6-7,11-12,14,17,19-20,34H,2-5,8-10,13,15-16H2,1H3,(H,35,36,37)/t;19-/m.1/s1. The molecule has 2 aromatic carbocycles. The Balaban J connectivity index is 0.000000152. The van der Waals surface area contributed by atoms with E-state index in [1.807, 2.05) is 24.1 Å². The first-order valence-electron chi connectivity index (χ1n) is 29.8. The molecular formula is C61H66F6N12O3S4. The zero-order valence-electron chi connectivity index (χ0n) is 47.6. The molecule has 25 heteroatoms. The molecule has 7 fully saturated rings. The lowest BCUT2D eigenvalue weighted by atomic mass is 10.1. The van der Waals surface area contributed by atoms with Crippen LogP contribution in [0.2, 0.25) is 0 Å². The summed E-state index contributed by atoms with van der Waals surface area (Å²) in [6.45, 7) is 6.18. The van der Waals surface area contributed by atoms with Crippen LogP contribution in [0.3, 0.4) is 0 Å². The van der Waals surface area contributed by atoms with Gasteiger partial charge in [-0.1, -0.05) is 0 Å². The van der Waals surface area contributed by atoms with Crippen molar-refractivity contribution in [2.75, 3.05) is 98.5 Å². The number of carbonyl (C=O) groups is 2. The van der Waals surface area contributed by atoms with Gasteiger partial charge in [0, 0.05) is 120 Å². The third-order valence-electron chi connectivity index (χ3n) is 18.1. The fourth-order valence-corrected chi connectivity index (χ4v) is 17.6. The van der Waals surface area contributed by atoms with E-state index in [9.17, 15) is 35.9 Å². The average molecular weight is 1260 g/mol. The largest absolute Gasteiger partial charge is 0.420 e. The number of fused-ring (bicyclic) bond motifs is 4. The van der Waals surface area contributed by atoms with Crippen molar-refractivity contribution in [1.82, 2.24) is 40.0 Å². The minimum Gasteiger partial charge on any atom is -0.377 e.